The zero-order chi connectivity index (χ0) is 19.4. The van der Waals surface area contributed by atoms with Gasteiger partial charge in [0.25, 0.3) is 0 Å². The molecule has 0 saturated carbocycles. The van der Waals surface area contributed by atoms with Crippen LogP contribution >= 0.6 is 0 Å². The molecule has 5 nitrogen and oxygen atoms in total. The molecule has 144 valence electrons. The molecular weight excluding hydrogens is 359 g/mol. The van der Waals surface area contributed by atoms with Crippen LogP contribution < -0.4 is 10.2 Å². The van der Waals surface area contributed by atoms with Gasteiger partial charge >= 0.3 is 6.18 Å². The molecular formula is C19H20F3N3O2. The highest BCUT2D eigenvalue weighted by molar-refractivity contribution is 5.92. The van der Waals surface area contributed by atoms with Crippen LogP contribution in [0.2, 0.25) is 0 Å². The zero-order valence-electron chi connectivity index (χ0n) is 14.5. The minimum atomic E-state index is -4.39. The molecule has 0 radical (unpaired) electrons. The number of aromatic hydroxyl groups is 1. The number of rotatable bonds is 4. The lowest BCUT2D eigenvalue weighted by Crippen LogP contribution is -2.48. The minimum Gasteiger partial charge on any atom is -0.506 e. The summed E-state index contributed by atoms with van der Waals surface area (Å²) in [4.78, 5) is 16.2. The predicted molar refractivity (Wildman–Crippen MR) is 96.8 cm³/mol. The van der Waals surface area contributed by atoms with E-state index in [2.05, 4.69) is 10.2 Å². The summed E-state index contributed by atoms with van der Waals surface area (Å²) in [7, 11) is 0. The van der Waals surface area contributed by atoms with Gasteiger partial charge < -0.3 is 15.3 Å². The number of carbonyl (C=O) groups is 1. The van der Waals surface area contributed by atoms with E-state index in [1.54, 1.807) is 12.1 Å². The molecule has 0 bridgehead atoms. The van der Waals surface area contributed by atoms with E-state index in [1.807, 2.05) is 17.0 Å². The quantitative estimate of drug-likeness (QED) is 0.857. The van der Waals surface area contributed by atoms with Gasteiger partial charge in [-0.1, -0.05) is 12.1 Å². The molecule has 0 unspecified atom stereocenters. The summed E-state index contributed by atoms with van der Waals surface area (Å²) >= 11 is 0. The average molecular weight is 379 g/mol. The zero-order valence-corrected chi connectivity index (χ0v) is 14.5. The molecule has 0 spiro atoms. The molecule has 1 saturated heterocycles. The van der Waals surface area contributed by atoms with Gasteiger partial charge in [0.05, 0.1) is 17.8 Å². The van der Waals surface area contributed by atoms with Crippen LogP contribution in [-0.2, 0) is 11.0 Å². The lowest BCUT2D eigenvalue weighted by Gasteiger charge is -2.35. The molecule has 3 rings (SSSR count). The largest absolute Gasteiger partial charge is 0.506 e. The molecule has 1 heterocycles. The highest BCUT2D eigenvalue weighted by atomic mass is 19.4. The molecule has 2 N–H and O–H groups in total. The van der Waals surface area contributed by atoms with Crippen molar-refractivity contribution in [3.8, 4) is 5.75 Å². The number of nitrogens with zero attached hydrogens (tertiary/aromatic N) is 2. The summed E-state index contributed by atoms with van der Waals surface area (Å²) in [5.74, 6) is -0.0447. The average Bonchev–Trinajstić information content (AvgIpc) is 2.62. The number of amides is 1. The molecule has 0 atom stereocenters. The van der Waals surface area contributed by atoms with E-state index in [4.69, 9.17) is 0 Å². The van der Waals surface area contributed by atoms with Crippen molar-refractivity contribution in [1.82, 2.24) is 4.90 Å². The van der Waals surface area contributed by atoms with Crippen molar-refractivity contribution in [1.29, 1.82) is 0 Å². The van der Waals surface area contributed by atoms with Gasteiger partial charge in [-0.05, 0) is 36.4 Å². The van der Waals surface area contributed by atoms with Crippen LogP contribution in [0.1, 0.15) is 5.56 Å². The van der Waals surface area contributed by atoms with Crippen LogP contribution in [0.15, 0.2) is 48.5 Å². The monoisotopic (exact) mass is 379 g/mol. The van der Waals surface area contributed by atoms with Crippen molar-refractivity contribution in [3.05, 3.63) is 54.1 Å². The molecule has 27 heavy (non-hydrogen) atoms. The number of para-hydroxylation sites is 2. The van der Waals surface area contributed by atoms with Gasteiger partial charge in [0.15, 0.2) is 0 Å². The van der Waals surface area contributed by atoms with E-state index in [9.17, 15) is 23.1 Å². The van der Waals surface area contributed by atoms with Crippen molar-refractivity contribution >= 4 is 17.3 Å². The van der Waals surface area contributed by atoms with Crippen LogP contribution in [0.3, 0.4) is 0 Å². The Kier molecular flexibility index (Phi) is 5.55. The smallest absolute Gasteiger partial charge is 0.416 e. The van der Waals surface area contributed by atoms with Crippen molar-refractivity contribution in [3.63, 3.8) is 0 Å². The number of hydrogen-bond donors (Lipinski definition) is 2. The first-order valence-corrected chi connectivity index (χ1v) is 8.55. The molecule has 1 amide bonds. The molecule has 2 aromatic carbocycles. The Labute approximate surface area is 155 Å². The van der Waals surface area contributed by atoms with Crippen LogP contribution in [0.25, 0.3) is 0 Å². The van der Waals surface area contributed by atoms with E-state index in [0.717, 1.165) is 17.8 Å². The van der Waals surface area contributed by atoms with E-state index in [-0.39, 0.29) is 18.2 Å². The number of halogens is 3. The summed E-state index contributed by atoms with van der Waals surface area (Å²) in [6.07, 6.45) is -4.39. The fourth-order valence-corrected chi connectivity index (χ4v) is 3.02. The van der Waals surface area contributed by atoms with Gasteiger partial charge in [0.2, 0.25) is 5.91 Å². The van der Waals surface area contributed by atoms with E-state index < -0.39 is 11.7 Å². The van der Waals surface area contributed by atoms with Gasteiger partial charge in [0.1, 0.15) is 5.75 Å². The highest BCUT2D eigenvalue weighted by Gasteiger charge is 2.30. The topological polar surface area (TPSA) is 55.8 Å². The fraction of sp³-hybridized carbons (Fsp3) is 0.316. The molecule has 1 aliphatic rings. The summed E-state index contributed by atoms with van der Waals surface area (Å²) in [6, 6.07) is 11.5. The van der Waals surface area contributed by atoms with Crippen molar-refractivity contribution < 1.29 is 23.1 Å². The first kappa shape index (κ1) is 19.0. The fourth-order valence-electron chi connectivity index (χ4n) is 3.02. The Balaban J connectivity index is 1.49. The maximum Gasteiger partial charge on any atom is 0.416 e. The van der Waals surface area contributed by atoms with Crippen LogP contribution in [0, 0.1) is 0 Å². The van der Waals surface area contributed by atoms with Crippen molar-refractivity contribution in [2.24, 2.45) is 0 Å². The summed E-state index contributed by atoms with van der Waals surface area (Å²) in [6.45, 7) is 2.80. The van der Waals surface area contributed by atoms with Gasteiger partial charge in [-0.25, -0.2) is 0 Å². The second kappa shape index (κ2) is 7.87. The van der Waals surface area contributed by atoms with Gasteiger partial charge in [-0.3, -0.25) is 9.69 Å². The maximum absolute atomic E-state index is 12.6. The van der Waals surface area contributed by atoms with Crippen LogP contribution in [0.5, 0.6) is 5.75 Å². The van der Waals surface area contributed by atoms with E-state index >= 15 is 0 Å². The molecule has 2 aromatic rings. The summed E-state index contributed by atoms with van der Waals surface area (Å²) in [5.41, 5.74) is 0.355. The number of piperazine rings is 1. The lowest BCUT2D eigenvalue weighted by molar-refractivity contribution is -0.137. The Hall–Kier alpha value is -2.74. The van der Waals surface area contributed by atoms with E-state index in [0.29, 0.717) is 31.9 Å². The third kappa shape index (κ3) is 4.91. The first-order chi connectivity index (χ1) is 12.8. The predicted octanol–water partition coefficient (Wildman–Crippen LogP) is 3.17. The Morgan fingerprint density at radius 3 is 2.22 bits per heavy atom. The minimum absolute atomic E-state index is 0.162. The second-order valence-electron chi connectivity index (χ2n) is 6.38. The Bertz CT molecular complexity index is 786. The number of phenols is 1. The summed E-state index contributed by atoms with van der Waals surface area (Å²) < 4.78 is 37.7. The number of alkyl halides is 3. The highest BCUT2D eigenvalue weighted by Crippen LogP contribution is 2.30. The Morgan fingerprint density at radius 1 is 1.00 bits per heavy atom. The number of benzene rings is 2. The standard InChI is InChI=1S/C19H20F3N3O2/c20-19(21,22)14-5-7-15(8-6-14)23-18(27)13-24-9-11-25(12-10-24)16-3-1-2-4-17(16)26/h1-8,26H,9-13H2,(H,23,27). The van der Waals surface area contributed by atoms with Gasteiger partial charge in [-0.2, -0.15) is 13.2 Å². The van der Waals surface area contributed by atoms with Crippen molar-refractivity contribution in [2.45, 2.75) is 6.18 Å². The molecule has 1 aliphatic heterocycles. The molecule has 0 aliphatic carbocycles. The van der Waals surface area contributed by atoms with Crippen LogP contribution in [-0.4, -0.2) is 48.6 Å². The number of anilines is 2. The second-order valence-corrected chi connectivity index (χ2v) is 6.38. The third-order valence-electron chi connectivity index (χ3n) is 4.46. The SMILES string of the molecule is O=C(CN1CCN(c2ccccc2O)CC1)Nc1ccc(C(F)(F)F)cc1. The van der Waals surface area contributed by atoms with Crippen molar-refractivity contribution in [2.75, 3.05) is 42.9 Å². The maximum atomic E-state index is 12.6. The summed E-state index contributed by atoms with van der Waals surface area (Å²) in [5, 5.41) is 12.5. The third-order valence-corrected chi connectivity index (χ3v) is 4.46. The molecule has 0 aromatic heterocycles. The lowest BCUT2D eigenvalue weighted by atomic mass is 10.2. The Morgan fingerprint density at radius 2 is 1.63 bits per heavy atom. The molecule has 1 fully saturated rings. The number of hydrogen-bond acceptors (Lipinski definition) is 4. The number of phenolic OH excluding ortho intramolecular Hbond substituents is 1. The van der Waals surface area contributed by atoms with E-state index in [1.165, 1.54) is 12.1 Å². The first-order valence-electron chi connectivity index (χ1n) is 8.55. The van der Waals surface area contributed by atoms with Gasteiger partial charge in [0, 0.05) is 31.9 Å². The number of nitrogens with one attached hydrogen (secondary N) is 1. The number of carbonyl (C=O) groups excluding carboxylic acids is 1. The molecule has 8 heteroatoms. The van der Waals surface area contributed by atoms with Crippen LogP contribution in [0.4, 0.5) is 24.5 Å². The van der Waals surface area contributed by atoms with Gasteiger partial charge in [-0.15, -0.1) is 0 Å². The normalized spacial score (nSPS) is 15.6.